The third-order valence-electron chi connectivity index (χ3n) is 4.37. The minimum Gasteiger partial charge on any atom is -0.399 e. The minimum absolute atomic E-state index is 0.316. The molecule has 2 aliphatic rings. The molecule has 106 valence electrons. The first kappa shape index (κ1) is 13.6. The van der Waals surface area contributed by atoms with Gasteiger partial charge in [0.25, 0.3) is 0 Å². The average Bonchev–Trinajstić information content (AvgIpc) is 2.94. The summed E-state index contributed by atoms with van der Waals surface area (Å²) in [5, 5.41) is 4.42. The molecule has 0 saturated carbocycles. The molecule has 1 aliphatic heterocycles. The molecule has 3 rings (SSSR count). The second-order valence-electron chi connectivity index (χ2n) is 6.42. The zero-order chi connectivity index (χ0) is 14.4. The van der Waals surface area contributed by atoms with Crippen molar-refractivity contribution < 1.29 is 9.31 Å². The van der Waals surface area contributed by atoms with Crippen molar-refractivity contribution in [1.82, 2.24) is 9.78 Å². The minimum atomic E-state index is -0.345. The molecule has 1 aromatic heterocycles. The summed E-state index contributed by atoms with van der Waals surface area (Å²) >= 11 is 0. The lowest BCUT2D eigenvalue weighted by Crippen LogP contribution is -2.41. The molecular weight excluding hydrogens is 251 g/mol. The highest BCUT2D eigenvalue weighted by Gasteiger charge is 2.52. The first-order valence-electron chi connectivity index (χ1n) is 7.16. The SMILES string of the molecule is CC1(C)OB(c2cnn(C3=CCCC=C3)c2)OC1(C)C. The number of nitrogens with zero attached hydrogens (tertiary/aromatic N) is 2. The van der Waals surface area contributed by atoms with Gasteiger partial charge in [-0.25, -0.2) is 4.68 Å². The van der Waals surface area contributed by atoms with Crippen LogP contribution in [0.25, 0.3) is 5.70 Å². The van der Waals surface area contributed by atoms with E-state index in [0.29, 0.717) is 0 Å². The van der Waals surface area contributed by atoms with Gasteiger partial charge in [-0.2, -0.15) is 5.10 Å². The second kappa shape index (κ2) is 4.60. The fourth-order valence-corrected chi connectivity index (χ4v) is 2.35. The molecule has 2 heterocycles. The quantitative estimate of drug-likeness (QED) is 0.775. The van der Waals surface area contributed by atoms with E-state index in [0.717, 1.165) is 24.0 Å². The molecule has 0 atom stereocenters. The molecule has 0 bridgehead atoms. The number of hydrogen-bond donors (Lipinski definition) is 0. The van der Waals surface area contributed by atoms with E-state index >= 15 is 0 Å². The van der Waals surface area contributed by atoms with Crippen molar-refractivity contribution in [2.45, 2.75) is 51.7 Å². The summed E-state index contributed by atoms with van der Waals surface area (Å²) in [5.41, 5.74) is 1.44. The molecule has 1 aromatic rings. The van der Waals surface area contributed by atoms with Crippen LogP contribution in [0.3, 0.4) is 0 Å². The van der Waals surface area contributed by atoms with Gasteiger partial charge in [0.1, 0.15) is 0 Å². The lowest BCUT2D eigenvalue weighted by Gasteiger charge is -2.32. The van der Waals surface area contributed by atoms with Gasteiger partial charge in [0, 0.05) is 17.9 Å². The second-order valence-corrected chi connectivity index (χ2v) is 6.42. The predicted octanol–water partition coefficient (Wildman–Crippen LogP) is 2.37. The highest BCUT2D eigenvalue weighted by molar-refractivity contribution is 6.62. The van der Waals surface area contributed by atoms with E-state index in [1.165, 1.54) is 0 Å². The monoisotopic (exact) mass is 272 g/mol. The molecule has 0 N–H and O–H groups in total. The molecule has 0 unspecified atom stereocenters. The summed E-state index contributed by atoms with van der Waals surface area (Å²) in [6, 6.07) is 0. The van der Waals surface area contributed by atoms with Crippen LogP contribution in [0.4, 0.5) is 0 Å². The number of rotatable bonds is 2. The van der Waals surface area contributed by atoms with Crippen molar-refractivity contribution in [1.29, 1.82) is 0 Å². The largest absolute Gasteiger partial charge is 0.498 e. The van der Waals surface area contributed by atoms with Crippen molar-refractivity contribution in [3.05, 3.63) is 30.6 Å². The molecule has 5 heteroatoms. The molecule has 1 fully saturated rings. The van der Waals surface area contributed by atoms with Crippen LogP contribution in [0, 0.1) is 0 Å². The first-order valence-corrected chi connectivity index (χ1v) is 7.16. The third-order valence-corrected chi connectivity index (χ3v) is 4.37. The number of aromatic nitrogens is 2. The molecule has 0 spiro atoms. The summed E-state index contributed by atoms with van der Waals surface area (Å²) in [7, 11) is -0.345. The van der Waals surface area contributed by atoms with E-state index < -0.39 is 0 Å². The molecule has 0 radical (unpaired) electrons. The molecule has 0 amide bonds. The Morgan fingerprint density at radius 2 is 1.85 bits per heavy atom. The van der Waals surface area contributed by atoms with Gasteiger partial charge in [-0.05, 0) is 46.6 Å². The highest BCUT2D eigenvalue weighted by atomic mass is 16.7. The van der Waals surface area contributed by atoms with Crippen LogP contribution in [0.1, 0.15) is 40.5 Å². The van der Waals surface area contributed by atoms with E-state index in [1.54, 1.807) is 0 Å². The van der Waals surface area contributed by atoms with Crippen molar-refractivity contribution in [2.24, 2.45) is 0 Å². The van der Waals surface area contributed by atoms with Crippen LogP contribution >= 0.6 is 0 Å². The molecule has 4 nitrogen and oxygen atoms in total. The molecule has 20 heavy (non-hydrogen) atoms. The van der Waals surface area contributed by atoms with Crippen LogP contribution in [0.5, 0.6) is 0 Å². The zero-order valence-corrected chi connectivity index (χ0v) is 12.6. The topological polar surface area (TPSA) is 36.3 Å². The standard InChI is InChI=1S/C15H21BN2O2/c1-14(2)15(3,4)20-16(19-14)12-10-17-18(11-12)13-8-6-5-7-9-13/h6,8-11H,5,7H2,1-4H3. The van der Waals surface area contributed by atoms with E-state index in [9.17, 15) is 0 Å². The summed E-state index contributed by atoms with van der Waals surface area (Å²) in [6.45, 7) is 8.24. The van der Waals surface area contributed by atoms with Crippen molar-refractivity contribution in [2.75, 3.05) is 0 Å². The van der Waals surface area contributed by atoms with Gasteiger partial charge >= 0.3 is 7.12 Å². The summed E-state index contributed by atoms with van der Waals surface area (Å²) in [6.07, 6.45) is 12.5. The Balaban J connectivity index is 1.82. The van der Waals surface area contributed by atoms with Crippen LogP contribution in [-0.2, 0) is 9.31 Å². The van der Waals surface area contributed by atoms with Crippen LogP contribution in [0.15, 0.2) is 30.6 Å². The molecule has 1 saturated heterocycles. The van der Waals surface area contributed by atoms with Crippen molar-refractivity contribution >= 4 is 18.3 Å². The van der Waals surface area contributed by atoms with Gasteiger partial charge in [0.2, 0.25) is 0 Å². The lowest BCUT2D eigenvalue weighted by molar-refractivity contribution is 0.00578. The maximum absolute atomic E-state index is 6.04. The Morgan fingerprint density at radius 3 is 2.45 bits per heavy atom. The maximum atomic E-state index is 6.04. The van der Waals surface area contributed by atoms with Crippen molar-refractivity contribution in [3.8, 4) is 0 Å². The van der Waals surface area contributed by atoms with Crippen LogP contribution < -0.4 is 5.46 Å². The summed E-state index contributed by atoms with van der Waals surface area (Å²) < 4.78 is 14.0. The Bertz CT molecular complexity index is 556. The van der Waals surface area contributed by atoms with E-state index in [2.05, 4.69) is 51.0 Å². The van der Waals surface area contributed by atoms with Gasteiger partial charge in [-0.15, -0.1) is 0 Å². The average molecular weight is 272 g/mol. The fraction of sp³-hybridized carbons (Fsp3) is 0.533. The maximum Gasteiger partial charge on any atom is 0.498 e. The van der Waals surface area contributed by atoms with E-state index in [4.69, 9.17) is 9.31 Å². The summed E-state index contributed by atoms with van der Waals surface area (Å²) in [5.74, 6) is 0. The normalized spacial score (nSPS) is 24.0. The first-order chi connectivity index (χ1) is 9.39. The lowest BCUT2D eigenvalue weighted by atomic mass is 9.82. The number of hydrogen-bond acceptors (Lipinski definition) is 3. The fourth-order valence-electron chi connectivity index (χ4n) is 2.35. The summed E-state index contributed by atoms with van der Waals surface area (Å²) in [4.78, 5) is 0. The molecule has 0 aromatic carbocycles. The van der Waals surface area contributed by atoms with Crippen LogP contribution in [-0.4, -0.2) is 28.1 Å². The van der Waals surface area contributed by atoms with E-state index in [1.807, 2.05) is 17.1 Å². The Kier molecular flexibility index (Phi) is 3.14. The molecular formula is C15H21BN2O2. The highest BCUT2D eigenvalue weighted by Crippen LogP contribution is 2.36. The van der Waals surface area contributed by atoms with Gasteiger partial charge in [-0.1, -0.05) is 12.2 Å². The Morgan fingerprint density at radius 1 is 1.15 bits per heavy atom. The third kappa shape index (κ3) is 2.25. The van der Waals surface area contributed by atoms with Gasteiger partial charge in [0.15, 0.2) is 0 Å². The zero-order valence-electron chi connectivity index (χ0n) is 12.6. The smallest absolute Gasteiger partial charge is 0.399 e. The Labute approximate surface area is 120 Å². The number of allylic oxidation sites excluding steroid dienone is 4. The molecule has 1 aliphatic carbocycles. The Hall–Kier alpha value is -1.33. The van der Waals surface area contributed by atoms with Crippen molar-refractivity contribution in [3.63, 3.8) is 0 Å². The van der Waals surface area contributed by atoms with Gasteiger partial charge < -0.3 is 9.31 Å². The van der Waals surface area contributed by atoms with Crippen LogP contribution in [0.2, 0.25) is 0 Å². The van der Waals surface area contributed by atoms with Gasteiger partial charge in [0.05, 0.1) is 16.9 Å². The van der Waals surface area contributed by atoms with E-state index in [-0.39, 0.29) is 18.3 Å². The predicted molar refractivity (Wildman–Crippen MR) is 80.6 cm³/mol. The van der Waals surface area contributed by atoms with Gasteiger partial charge in [-0.3, -0.25) is 0 Å².